The number of furan rings is 1. The van der Waals surface area contributed by atoms with Crippen LogP contribution in [0, 0.1) is 6.92 Å². The van der Waals surface area contributed by atoms with Crippen molar-refractivity contribution in [2.24, 2.45) is 0 Å². The fraction of sp³-hybridized carbons (Fsp3) is 0.125. The summed E-state index contributed by atoms with van der Waals surface area (Å²) in [4.78, 5) is 12.2. The lowest BCUT2D eigenvalue weighted by Gasteiger charge is -2.02. The third kappa shape index (κ3) is 3.28. The van der Waals surface area contributed by atoms with Gasteiger partial charge in [0, 0.05) is 12.3 Å². The van der Waals surface area contributed by atoms with Gasteiger partial charge in [-0.2, -0.15) is 5.10 Å². The molecule has 0 unspecified atom stereocenters. The van der Waals surface area contributed by atoms with Crippen molar-refractivity contribution >= 4 is 27.5 Å². The van der Waals surface area contributed by atoms with Crippen LogP contribution in [-0.2, 0) is 6.54 Å². The van der Waals surface area contributed by atoms with Gasteiger partial charge >= 0.3 is 0 Å². The molecule has 3 rings (SSSR count). The van der Waals surface area contributed by atoms with E-state index in [0.29, 0.717) is 28.2 Å². The Bertz CT molecular complexity index is 793. The highest BCUT2D eigenvalue weighted by atomic mass is 79.9. The van der Waals surface area contributed by atoms with Gasteiger partial charge in [-0.15, -0.1) is 0 Å². The zero-order valence-electron chi connectivity index (χ0n) is 11.9. The summed E-state index contributed by atoms with van der Waals surface area (Å²) in [5.41, 5.74) is 2.30. The van der Waals surface area contributed by atoms with Gasteiger partial charge in [-0.3, -0.25) is 9.48 Å². The van der Waals surface area contributed by atoms with Crippen molar-refractivity contribution in [2.45, 2.75) is 13.5 Å². The predicted octanol–water partition coefficient (Wildman–Crippen LogP) is 3.85. The van der Waals surface area contributed by atoms with Gasteiger partial charge in [-0.25, -0.2) is 0 Å². The molecule has 0 radical (unpaired) electrons. The zero-order valence-corrected chi connectivity index (χ0v) is 13.5. The summed E-state index contributed by atoms with van der Waals surface area (Å²) in [5, 5.41) is 7.07. The number of aromatic nitrogens is 2. The maximum atomic E-state index is 12.2. The minimum atomic E-state index is -0.216. The van der Waals surface area contributed by atoms with Crippen LogP contribution < -0.4 is 5.32 Å². The molecule has 2 aromatic heterocycles. The number of hydrogen-bond donors (Lipinski definition) is 1. The Balaban J connectivity index is 1.69. The molecule has 5 nitrogen and oxygen atoms in total. The third-order valence-corrected chi connectivity index (χ3v) is 3.60. The van der Waals surface area contributed by atoms with Crippen LogP contribution in [0.2, 0.25) is 0 Å². The summed E-state index contributed by atoms with van der Waals surface area (Å²) in [6, 6.07) is 11.7. The van der Waals surface area contributed by atoms with Gasteiger partial charge in [-0.1, -0.05) is 30.3 Å². The Hall–Kier alpha value is -2.34. The molecule has 3 aromatic rings. The normalized spacial score (nSPS) is 10.6. The molecule has 1 amide bonds. The van der Waals surface area contributed by atoms with Crippen LogP contribution in [-0.4, -0.2) is 15.7 Å². The number of nitrogens with zero attached hydrogens (tertiary/aromatic N) is 2. The van der Waals surface area contributed by atoms with Gasteiger partial charge < -0.3 is 9.73 Å². The second kappa shape index (κ2) is 6.19. The average molecular weight is 360 g/mol. The molecule has 112 valence electrons. The summed E-state index contributed by atoms with van der Waals surface area (Å²) < 4.78 is 7.61. The highest BCUT2D eigenvalue weighted by molar-refractivity contribution is 9.10. The van der Waals surface area contributed by atoms with E-state index in [-0.39, 0.29) is 5.91 Å². The van der Waals surface area contributed by atoms with Crippen molar-refractivity contribution in [1.29, 1.82) is 0 Å². The highest BCUT2D eigenvalue weighted by Crippen LogP contribution is 2.20. The van der Waals surface area contributed by atoms with Gasteiger partial charge in [-0.05, 0) is 28.4 Å². The monoisotopic (exact) mass is 359 g/mol. The lowest BCUT2D eigenvalue weighted by Crippen LogP contribution is -2.11. The quantitative estimate of drug-likeness (QED) is 0.769. The van der Waals surface area contributed by atoms with E-state index in [0.717, 1.165) is 5.56 Å². The van der Waals surface area contributed by atoms with Crippen molar-refractivity contribution in [2.75, 3.05) is 5.32 Å². The van der Waals surface area contributed by atoms with Crippen LogP contribution in [0.5, 0.6) is 0 Å². The number of halogens is 1. The molecule has 0 saturated carbocycles. The van der Waals surface area contributed by atoms with Crippen molar-refractivity contribution in [1.82, 2.24) is 9.78 Å². The molecule has 1 N–H and O–H groups in total. The third-order valence-electron chi connectivity index (χ3n) is 3.21. The summed E-state index contributed by atoms with van der Waals surface area (Å²) in [7, 11) is 0. The van der Waals surface area contributed by atoms with E-state index in [1.54, 1.807) is 30.1 Å². The Morgan fingerprint density at radius 3 is 2.82 bits per heavy atom. The zero-order chi connectivity index (χ0) is 15.5. The predicted molar refractivity (Wildman–Crippen MR) is 86.9 cm³/mol. The molecule has 0 saturated heterocycles. The maximum Gasteiger partial charge on any atom is 0.259 e. The number of benzene rings is 1. The number of carbonyl (C=O) groups is 1. The molecule has 0 atom stereocenters. The average Bonchev–Trinajstić information content (AvgIpc) is 3.06. The largest absolute Gasteiger partial charge is 0.454 e. The molecule has 2 heterocycles. The first-order chi connectivity index (χ1) is 10.6. The Labute approximate surface area is 136 Å². The number of anilines is 1. The van der Waals surface area contributed by atoms with E-state index in [1.807, 2.05) is 30.3 Å². The van der Waals surface area contributed by atoms with E-state index in [9.17, 15) is 4.79 Å². The van der Waals surface area contributed by atoms with Crippen LogP contribution in [0.1, 0.15) is 21.7 Å². The molecule has 0 spiro atoms. The molecule has 22 heavy (non-hydrogen) atoms. The minimum absolute atomic E-state index is 0.216. The summed E-state index contributed by atoms with van der Waals surface area (Å²) in [6.45, 7) is 2.41. The van der Waals surface area contributed by atoms with Crippen molar-refractivity contribution in [3.63, 3.8) is 0 Å². The fourth-order valence-electron chi connectivity index (χ4n) is 2.15. The lowest BCUT2D eigenvalue weighted by atomic mass is 10.2. The Morgan fingerprint density at radius 1 is 1.36 bits per heavy atom. The second-order valence-electron chi connectivity index (χ2n) is 4.89. The molecule has 1 aromatic carbocycles. The summed E-state index contributed by atoms with van der Waals surface area (Å²) in [5.74, 6) is 0.354. The van der Waals surface area contributed by atoms with E-state index in [2.05, 4.69) is 26.3 Å². The molecule has 6 heteroatoms. The number of carbonyl (C=O) groups excluding carboxylic acids is 1. The lowest BCUT2D eigenvalue weighted by molar-refractivity contribution is 0.102. The number of aryl methyl sites for hydroxylation is 1. The number of amides is 1. The Morgan fingerprint density at radius 2 is 2.14 bits per heavy atom. The van der Waals surface area contributed by atoms with Crippen LogP contribution in [0.4, 0.5) is 5.69 Å². The van der Waals surface area contributed by atoms with E-state index < -0.39 is 0 Å². The SMILES string of the molecule is Cc1oc(Br)cc1C(=O)Nc1cnn(Cc2ccccc2)c1. The standard InChI is InChI=1S/C16H14BrN3O2/c1-11-14(7-15(17)22-11)16(21)19-13-8-18-20(10-13)9-12-5-3-2-4-6-12/h2-8,10H,9H2,1H3,(H,19,21). The fourth-order valence-corrected chi connectivity index (χ4v) is 2.63. The summed E-state index contributed by atoms with van der Waals surface area (Å²) in [6.07, 6.45) is 3.43. The van der Waals surface area contributed by atoms with E-state index in [4.69, 9.17) is 4.42 Å². The van der Waals surface area contributed by atoms with E-state index in [1.165, 1.54) is 0 Å². The molecule has 0 fully saturated rings. The molecule has 0 bridgehead atoms. The van der Waals surface area contributed by atoms with Crippen LogP contribution in [0.3, 0.4) is 0 Å². The molecular formula is C16H14BrN3O2. The van der Waals surface area contributed by atoms with Gasteiger partial charge in [0.25, 0.3) is 5.91 Å². The van der Waals surface area contributed by atoms with Crippen LogP contribution in [0.15, 0.2) is 57.9 Å². The topological polar surface area (TPSA) is 60.1 Å². The van der Waals surface area contributed by atoms with Crippen molar-refractivity contribution in [3.05, 3.63) is 70.3 Å². The van der Waals surface area contributed by atoms with Gasteiger partial charge in [0.15, 0.2) is 4.67 Å². The van der Waals surface area contributed by atoms with Gasteiger partial charge in [0.2, 0.25) is 0 Å². The van der Waals surface area contributed by atoms with E-state index >= 15 is 0 Å². The number of rotatable bonds is 4. The van der Waals surface area contributed by atoms with Crippen molar-refractivity contribution < 1.29 is 9.21 Å². The first kappa shape index (κ1) is 14.6. The van der Waals surface area contributed by atoms with Crippen molar-refractivity contribution in [3.8, 4) is 0 Å². The minimum Gasteiger partial charge on any atom is -0.454 e. The first-order valence-electron chi connectivity index (χ1n) is 6.75. The van der Waals surface area contributed by atoms with Crippen LogP contribution in [0.25, 0.3) is 0 Å². The molecule has 0 aliphatic rings. The summed E-state index contributed by atoms with van der Waals surface area (Å²) >= 11 is 3.21. The molecular weight excluding hydrogens is 346 g/mol. The van der Waals surface area contributed by atoms with Crippen LogP contribution >= 0.6 is 15.9 Å². The molecule has 0 aliphatic heterocycles. The maximum absolute atomic E-state index is 12.2. The van der Waals surface area contributed by atoms with Gasteiger partial charge in [0.05, 0.1) is 24.0 Å². The Kier molecular flexibility index (Phi) is 4.11. The highest BCUT2D eigenvalue weighted by Gasteiger charge is 2.14. The number of hydrogen-bond acceptors (Lipinski definition) is 3. The number of nitrogens with one attached hydrogen (secondary N) is 1. The van der Waals surface area contributed by atoms with Gasteiger partial charge in [0.1, 0.15) is 5.76 Å². The smallest absolute Gasteiger partial charge is 0.259 e. The second-order valence-corrected chi connectivity index (χ2v) is 5.67. The first-order valence-corrected chi connectivity index (χ1v) is 7.55. The molecule has 0 aliphatic carbocycles.